The van der Waals surface area contributed by atoms with Gasteiger partial charge in [0.1, 0.15) is 11.6 Å². The number of benzene rings is 2. The molecule has 2 N–H and O–H groups in total. The van der Waals surface area contributed by atoms with E-state index in [0.717, 1.165) is 16.7 Å². The molecule has 32 heavy (non-hydrogen) atoms. The number of carbonyl (C=O) groups excluding carboxylic acids is 1. The summed E-state index contributed by atoms with van der Waals surface area (Å²) >= 11 is 3.35. The van der Waals surface area contributed by atoms with Gasteiger partial charge >= 0.3 is 5.97 Å². The van der Waals surface area contributed by atoms with E-state index in [9.17, 15) is 19.1 Å². The highest BCUT2D eigenvalue weighted by molar-refractivity contribution is 9.10. The van der Waals surface area contributed by atoms with Gasteiger partial charge in [-0.25, -0.2) is 9.18 Å². The van der Waals surface area contributed by atoms with Gasteiger partial charge in [-0.05, 0) is 51.2 Å². The van der Waals surface area contributed by atoms with Crippen molar-refractivity contribution < 1.29 is 23.8 Å². The zero-order valence-corrected chi connectivity index (χ0v) is 19.2. The Hall–Kier alpha value is -2.71. The van der Waals surface area contributed by atoms with Crippen LogP contribution in [0.25, 0.3) is 5.57 Å². The molecule has 2 aromatic carbocycles. The van der Waals surface area contributed by atoms with Crippen molar-refractivity contribution in [3.8, 4) is 5.75 Å². The number of amides is 1. The first-order valence-electron chi connectivity index (χ1n) is 10.5. The molecule has 2 aliphatic heterocycles. The molecule has 0 spiro atoms. The summed E-state index contributed by atoms with van der Waals surface area (Å²) in [6.45, 7) is 2.84. The van der Waals surface area contributed by atoms with E-state index in [2.05, 4.69) is 21.2 Å². The highest BCUT2D eigenvalue weighted by Crippen LogP contribution is 2.33. The van der Waals surface area contributed by atoms with Crippen molar-refractivity contribution >= 4 is 33.4 Å². The third-order valence-electron chi connectivity index (χ3n) is 5.92. The van der Waals surface area contributed by atoms with Gasteiger partial charge in [-0.15, -0.1) is 0 Å². The molecular weight excluding hydrogens is 479 g/mol. The summed E-state index contributed by atoms with van der Waals surface area (Å²) in [5, 5.41) is 13.2. The van der Waals surface area contributed by atoms with Crippen molar-refractivity contribution in [2.24, 2.45) is 0 Å². The maximum Gasteiger partial charge on any atom is 0.333 e. The fraction of sp³-hybridized carbons (Fsp3) is 0.333. The minimum absolute atomic E-state index is 0.0356. The van der Waals surface area contributed by atoms with Gasteiger partial charge in [0, 0.05) is 38.5 Å². The van der Waals surface area contributed by atoms with E-state index in [1.54, 1.807) is 11.0 Å². The molecule has 0 aliphatic carbocycles. The average molecular weight is 503 g/mol. The fourth-order valence-corrected chi connectivity index (χ4v) is 4.72. The Kier molecular flexibility index (Phi) is 6.62. The van der Waals surface area contributed by atoms with Gasteiger partial charge in [0.05, 0.1) is 22.7 Å². The van der Waals surface area contributed by atoms with Crippen LogP contribution in [0.4, 0.5) is 4.39 Å². The van der Waals surface area contributed by atoms with Crippen LogP contribution in [0, 0.1) is 5.82 Å². The SMILES string of the molecule is CC(=O)N1CC2CC(c3ccc(CCOc4cc(F)ccc4Br)cc3)=C(C(=O)O)C(C1)N2. The summed E-state index contributed by atoms with van der Waals surface area (Å²) in [4.78, 5) is 25.6. The second-order valence-electron chi connectivity index (χ2n) is 8.11. The first-order chi connectivity index (χ1) is 15.3. The van der Waals surface area contributed by atoms with E-state index in [4.69, 9.17) is 4.74 Å². The van der Waals surface area contributed by atoms with Crippen molar-refractivity contribution in [3.63, 3.8) is 0 Å². The van der Waals surface area contributed by atoms with Crippen molar-refractivity contribution in [3.05, 3.63) is 69.5 Å². The standard InChI is InChI=1S/C24H24BrFN2O4/c1-14(29)28-12-18-11-19(23(24(30)31)21(13-28)27-18)16-4-2-15(3-5-16)8-9-32-22-10-17(26)6-7-20(22)25/h2-7,10,18,21,27H,8-9,11-13H2,1H3,(H,30,31). The van der Waals surface area contributed by atoms with Crippen LogP contribution in [0.15, 0.2) is 52.5 Å². The number of carboxylic acids is 1. The lowest BCUT2D eigenvalue weighted by molar-refractivity contribution is -0.135. The number of nitrogens with one attached hydrogen (secondary N) is 1. The van der Waals surface area contributed by atoms with E-state index in [1.807, 2.05) is 24.3 Å². The number of fused-ring (bicyclic) bond motifs is 2. The molecule has 8 heteroatoms. The van der Waals surface area contributed by atoms with E-state index >= 15 is 0 Å². The van der Waals surface area contributed by atoms with Crippen LogP contribution >= 0.6 is 15.9 Å². The number of piperazine rings is 1. The van der Waals surface area contributed by atoms with Crippen LogP contribution in [-0.4, -0.2) is 53.7 Å². The highest BCUT2D eigenvalue weighted by Gasteiger charge is 2.38. The molecule has 168 valence electrons. The highest BCUT2D eigenvalue weighted by atomic mass is 79.9. The van der Waals surface area contributed by atoms with Crippen LogP contribution in [0.3, 0.4) is 0 Å². The zero-order valence-electron chi connectivity index (χ0n) is 17.6. The van der Waals surface area contributed by atoms with Crippen LogP contribution in [0.5, 0.6) is 5.75 Å². The van der Waals surface area contributed by atoms with Crippen molar-refractivity contribution in [1.82, 2.24) is 10.2 Å². The van der Waals surface area contributed by atoms with Crippen molar-refractivity contribution in [2.45, 2.75) is 31.8 Å². The Bertz CT molecular complexity index is 1070. The molecule has 0 aromatic heterocycles. The first kappa shape index (κ1) is 22.5. The third-order valence-corrected chi connectivity index (χ3v) is 6.58. The average Bonchev–Trinajstić information content (AvgIpc) is 2.75. The normalized spacial score (nSPS) is 20.3. The van der Waals surface area contributed by atoms with Gasteiger partial charge in [0.25, 0.3) is 0 Å². The van der Waals surface area contributed by atoms with E-state index in [0.29, 0.717) is 48.3 Å². The molecule has 1 amide bonds. The van der Waals surface area contributed by atoms with Gasteiger partial charge in [-0.2, -0.15) is 0 Å². The lowest BCUT2D eigenvalue weighted by Gasteiger charge is -2.43. The van der Waals surface area contributed by atoms with E-state index < -0.39 is 5.97 Å². The lowest BCUT2D eigenvalue weighted by Crippen LogP contribution is -2.61. The molecule has 2 aliphatic rings. The maximum atomic E-state index is 13.4. The molecule has 2 aromatic rings. The molecule has 4 rings (SSSR count). The number of hydrogen-bond acceptors (Lipinski definition) is 4. The molecule has 2 atom stereocenters. The summed E-state index contributed by atoms with van der Waals surface area (Å²) in [6.07, 6.45) is 1.19. The summed E-state index contributed by atoms with van der Waals surface area (Å²) < 4.78 is 19.8. The van der Waals surface area contributed by atoms with Crippen LogP contribution in [-0.2, 0) is 16.0 Å². The molecule has 0 saturated carbocycles. The number of nitrogens with zero attached hydrogens (tertiary/aromatic N) is 1. The second-order valence-corrected chi connectivity index (χ2v) is 8.97. The Morgan fingerprint density at radius 2 is 1.97 bits per heavy atom. The Balaban J connectivity index is 1.47. The van der Waals surface area contributed by atoms with Crippen LogP contribution < -0.4 is 10.1 Å². The predicted octanol–water partition coefficient (Wildman–Crippen LogP) is 3.64. The molecule has 2 heterocycles. The Morgan fingerprint density at radius 3 is 2.66 bits per heavy atom. The largest absolute Gasteiger partial charge is 0.492 e. The minimum Gasteiger partial charge on any atom is -0.492 e. The Morgan fingerprint density at radius 1 is 1.22 bits per heavy atom. The number of carboxylic acid groups (broad SMARTS) is 1. The predicted molar refractivity (Wildman–Crippen MR) is 122 cm³/mol. The lowest BCUT2D eigenvalue weighted by atomic mass is 9.83. The number of aliphatic carboxylic acids is 1. The van der Waals surface area contributed by atoms with E-state index in [-0.39, 0.29) is 23.8 Å². The second kappa shape index (κ2) is 9.42. The quantitative estimate of drug-likeness (QED) is 0.630. The van der Waals surface area contributed by atoms with E-state index in [1.165, 1.54) is 19.1 Å². The van der Waals surface area contributed by atoms with Gasteiger partial charge < -0.3 is 20.1 Å². The summed E-state index contributed by atoms with van der Waals surface area (Å²) in [7, 11) is 0. The third kappa shape index (κ3) is 4.86. The summed E-state index contributed by atoms with van der Waals surface area (Å²) in [6, 6.07) is 11.8. The number of halogens is 2. The zero-order chi connectivity index (χ0) is 22.8. The molecule has 0 radical (unpaired) electrons. The number of carbonyl (C=O) groups is 2. The summed E-state index contributed by atoms with van der Waals surface area (Å²) in [5.41, 5.74) is 3.07. The molecular formula is C24H24BrFN2O4. The fourth-order valence-electron chi connectivity index (χ4n) is 4.36. The molecule has 1 saturated heterocycles. The first-order valence-corrected chi connectivity index (χ1v) is 11.3. The number of hydrogen-bond donors (Lipinski definition) is 2. The smallest absolute Gasteiger partial charge is 0.333 e. The number of rotatable bonds is 6. The monoisotopic (exact) mass is 502 g/mol. The molecule has 6 nitrogen and oxygen atoms in total. The molecule has 1 fully saturated rings. The Labute approximate surface area is 194 Å². The maximum absolute atomic E-state index is 13.4. The van der Waals surface area contributed by atoms with Gasteiger partial charge in [0.15, 0.2) is 0 Å². The van der Waals surface area contributed by atoms with Gasteiger partial charge in [-0.3, -0.25) is 4.79 Å². The number of ether oxygens (including phenoxy) is 1. The topological polar surface area (TPSA) is 78.9 Å². The van der Waals surface area contributed by atoms with Crippen LogP contribution in [0.2, 0.25) is 0 Å². The molecule has 2 unspecified atom stereocenters. The summed E-state index contributed by atoms with van der Waals surface area (Å²) in [5.74, 6) is -0.891. The molecule has 2 bridgehead atoms. The van der Waals surface area contributed by atoms with Gasteiger partial charge in [-0.1, -0.05) is 24.3 Å². The van der Waals surface area contributed by atoms with Crippen molar-refractivity contribution in [1.29, 1.82) is 0 Å². The van der Waals surface area contributed by atoms with Crippen molar-refractivity contribution in [2.75, 3.05) is 19.7 Å². The van der Waals surface area contributed by atoms with Crippen LogP contribution in [0.1, 0.15) is 24.5 Å². The van der Waals surface area contributed by atoms with Gasteiger partial charge in [0.2, 0.25) is 5.91 Å². The minimum atomic E-state index is -0.959.